The van der Waals surface area contributed by atoms with E-state index in [9.17, 15) is 0 Å². The lowest BCUT2D eigenvalue weighted by molar-refractivity contribution is 0.300. The second kappa shape index (κ2) is 5.75. The van der Waals surface area contributed by atoms with Crippen molar-refractivity contribution in [2.75, 3.05) is 0 Å². The molecule has 0 fully saturated rings. The van der Waals surface area contributed by atoms with E-state index in [2.05, 4.69) is 25.9 Å². The van der Waals surface area contributed by atoms with Gasteiger partial charge in [0.25, 0.3) is 0 Å². The summed E-state index contributed by atoms with van der Waals surface area (Å²) in [6.07, 6.45) is 5.14. The van der Waals surface area contributed by atoms with Gasteiger partial charge in [-0.15, -0.1) is 0 Å². The smallest absolute Gasteiger partial charge is 0.139 e. The molecule has 88 valence electrons. The molecule has 0 aromatic carbocycles. The highest BCUT2D eigenvalue weighted by molar-refractivity contribution is 9.10. The van der Waals surface area contributed by atoms with Crippen LogP contribution in [0.25, 0.3) is 0 Å². The summed E-state index contributed by atoms with van der Waals surface area (Å²) in [7, 11) is 0. The van der Waals surface area contributed by atoms with Gasteiger partial charge in [0, 0.05) is 23.4 Å². The number of pyridine rings is 2. The molecule has 0 unspecified atom stereocenters. The van der Waals surface area contributed by atoms with Crippen molar-refractivity contribution in [3.63, 3.8) is 0 Å². The Kier molecular flexibility index (Phi) is 4.06. The van der Waals surface area contributed by atoms with Crippen LogP contribution in [0.3, 0.4) is 0 Å². The third kappa shape index (κ3) is 3.51. The zero-order chi connectivity index (χ0) is 12.1. The van der Waals surface area contributed by atoms with Gasteiger partial charge in [-0.3, -0.25) is 9.97 Å². The van der Waals surface area contributed by atoms with E-state index in [4.69, 9.17) is 10.5 Å². The molecule has 0 spiro atoms. The summed E-state index contributed by atoms with van der Waals surface area (Å²) in [5.74, 6) is 0.712. The molecule has 2 rings (SSSR count). The standard InChI is InChI=1S/C12H12BrN3O/c13-10-3-12(7-15-6-10)17-8-11-2-1-9(4-14)5-16-11/h1-3,5-7H,4,8,14H2. The Labute approximate surface area is 108 Å². The molecular weight excluding hydrogens is 282 g/mol. The van der Waals surface area contributed by atoms with Crippen molar-refractivity contribution in [2.24, 2.45) is 5.73 Å². The maximum atomic E-state index is 5.56. The molecule has 0 aliphatic rings. The van der Waals surface area contributed by atoms with E-state index in [1.165, 1.54) is 0 Å². The highest BCUT2D eigenvalue weighted by atomic mass is 79.9. The van der Waals surface area contributed by atoms with Crippen LogP contribution in [0.1, 0.15) is 11.3 Å². The Balaban J connectivity index is 1.97. The number of aromatic nitrogens is 2. The molecule has 4 nitrogen and oxygen atoms in total. The molecule has 17 heavy (non-hydrogen) atoms. The zero-order valence-corrected chi connectivity index (χ0v) is 10.7. The topological polar surface area (TPSA) is 61.0 Å². The van der Waals surface area contributed by atoms with Crippen LogP contribution in [0.5, 0.6) is 5.75 Å². The van der Waals surface area contributed by atoms with Crippen LogP contribution in [0.2, 0.25) is 0 Å². The molecule has 2 heterocycles. The number of rotatable bonds is 4. The fraction of sp³-hybridized carbons (Fsp3) is 0.167. The van der Waals surface area contributed by atoms with Gasteiger partial charge in [-0.2, -0.15) is 0 Å². The summed E-state index contributed by atoms with van der Waals surface area (Å²) in [5.41, 5.74) is 7.37. The van der Waals surface area contributed by atoms with Gasteiger partial charge in [0.1, 0.15) is 12.4 Å². The molecule has 2 N–H and O–H groups in total. The lowest BCUT2D eigenvalue weighted by Gasteiger charge is -2.05. The van der Waals surface area contributed by atoms with Crippen LogP contribution in [-0.4, -0.2) is 9.97 Å². The van der Waals surface area contributed by atoms with Gasteiger partial charge < -0.3 is 10.5 Å². The quantitative estimate of drug-likeness (QED) is 0.939. The van der Waals surface area contributed by atoms with E-state index < -0.39 is 0 Å². The Morgan fingerprint density at radius 2 is 2.12 bits per heavy atom. The van der Waals surface area contributed by atoms with Gasteiger partial charge >= 0.3 is 0 Å². The van der Waals surface area contributed by atoms with Crippen LogP contribution in [-0.2, 0) is 13.2 Å². The minimum absolute atomic E-state index is 0.420. The second-order valence-corrected chi connectivity index (χ2v) is 4.41. The summed E-state index contributed by atoms with van der Waals surface area (Å²) < 4.78 is 6.45. The normalized spacial score (nSPS) is 10.2. The number of nitrogens with zero attached hydrogens (tertiary/aromatic N) is 2. The fourth-order valence-corrected chi connectivity index (χ4v) is 1.63. The highest BCUT2D eigenvalue weighted by Crippen LogP contribution is 2.16. The molecule has 5 heteroatoms. The third-order valence-corrected chi connectivity index (χ3v) is 2.62. The van der Waals surface area contributed by atoms with E-state index in [0.29, 0.717) is 18.9 Å². The van der Waals surface area contributed by atoms with Gasteiger partial charge in [0.2, 0.25) is 0 Å². The van der Waals surface area contributed by atoms with Gasteiger partial charge in [0.05, 0.1) is 11.9 Å². The lowest BCUT2D eigenvalue weighted by Crippen LogP contribution is -2.01. The molecule has 0 bridgehead atoms. The molecule has 0 aliphatic heterocycles. The lowest BCUT2D eigenvalue weighted by atomic mass is 10.2. The van der Waals surface area contributed by atoms with Crippen molar-refractivity contribution in [2.45, 2.75) is 13.2 Å². The third-order valence-electron chi connectivity index (χ3n) is 2.19. The Morgan fingerprint density at radius 3 is 2.76 bits per heavy atom. The molecule has 0 radical (unpaired) electrons. The fourth-order valence-electron chi connectivity index (χ4n) is 1.29. The summed E-state index contributed by atoms with van der Waals surface area (Å²) in [4.78, 5) is 8.26. The Hall–Kier alpha value is -1.46. The summed E-state index contributed by atoms with van der Waals surface area (Å²) in [6, 6.07) is 5.72. The number of hydrogen-bond acceptors (Lipinski definition) is 4. The molecule has 2 aromatic heterocycles. The molecule has 0 saturated heterocycles. The maximum Gasteiger partial charge on any atom is 0.139 e. The first-order valence-electron chi connectivity index (χ1n) is 5.15. The van der Waals surface area contributed by atoms with Crippen molar-refractivity contribution in [1.29, 1.82) is 0 Å². The first-order valence-corrected chi connectivity index (χ1v) is 5.94. The van der Waals surface area contributed by atoms with Gasteiger partial charge in [0.15, 0.2) is 0 Å². The highest BCUT2D eigenvalue weighted by Gasteiger charge is 1.99. The first-order chi connectivity index (χ1) is 8.28. The average molecular weight is 294 g/mol. The molecule has 0 atom stereocenters. The van der Waals surface area contributed by atoms with Crippen LogP contribution < -0.4 is 10.5 Å². The number of nitrogens with two attached hydrogens (primary N) is 1. The molecule has 0 aliphatic carbocycles. The van der Waals surface area contributed by atoms with Gasteiger partial charge in [-0.1, -0.05) is 6.07 Å². The predicted molar refractivity (Wildman–Crippen MR) is 68.4 cm³/mol. The van der Waals surface area contributed by atoms with E-state index in [1.807, 2.05) is 18.2 Å². The van der Waals surface area contributed by atoms with Gasteiger partial charge in [-0.05, 0) is 33.6 Å². The Morgan fingerprint density at radius 1 is 1.24 bits per heavy atom. The first kappa shape index (κ1) is 12.0. The van der Waals surface area contributed by atoms with Crippen LogP contribution in [0, 0.1) is 0 Å². The van der Waals surface area contributed by atoms with Crippen molar-refractivity contribution < 1.29 is 4.74 Å². The van der Waals surface area contributed by atoms with E-state index in [0.717, 1.165) is 15.7 Å². The maximum absolute atomic E-state index is 5.56. The van der Waals surface area contributed by atoms with Gasteiger partial charge in [-0.25, -0.2) is 0 Å². The number of ether oxygens (including phenoxy) is 1. The van der Waals surface area contributed by atoms with Crippen molar-refractivity contribution in [1.82, 2.24) is 9.97 Å². The minimum Gasteiger partial charge on any atom is -0.486 e. The van der Waals surface area contributed by atoms with Crippen molar-refractivity contribution >= 4 is 15.9 Å². The SMILES string of the molecule is NCc1ccc(COc2cncc(Br)c2)nc1. The largest absolute Gasteiger partial charge is 0.486 e. The molecule has 0 saturated carbocycles. The summed E-state index contributed by atoms with van der Waals surface area (Å²) >= 11 is 3.34. The van der Waals surface area contributed by atoms with Crippen LogP contribution in [0.4, 0.5) is 0 Å². The number of hydrogen-bond donors (Lipinski definition) is 1. The minimum atomic E-state index is 0.420. The number of halogens is 1. The molecule has 2 aromatic rings. The summed E-state index contributed by atoms with van der Waals surface area (Å²) in [5, 5.41) is 0. The van der Waals surface area contributed by atoms with Crippen molar-refractivity contribution in [3.05, 3.63) is 52.5 Å². The predicted octanol–water partition coefficient (Wildman–Crippen LogP) is 2.28. The zero-order valence-electron chi connectivity index (χ0n) is 9.14. The average Bonchev–Trinajstić information content (AvgIpc) is 2.37. The Bertz CT molecular complexity index is 487. The summed E-state index contributed by atoms with van der Waals surface area (Å²) in [6.45, 7) is 0.923. The van der Waals surface area contributed by atoms with E-state index in [1.54, 1.807) is 18.6 Å². The molecular formula is C12H12BrN3O. The molecule has 0 amide bonds. The second-order valence-electron chi connectivity index (χ2n) is 3.49. The van der Waals surface area contributed by atoms with Crippen LogP contribution >= 0.6 is 15.9 Å². The van der Waals surface area contributed by atoms with Crippen LogP contribution in [0.15, 0.2) is 41.3 Å². The van der Waals surface area contributed by atoms with Crippen molar-refractivity contribution in [3.8, 4) is 5.75 Å². The van der Waals surface area contributed by atoms with E-state index >= 15 is 0 Å². The monoisotopic (exact) mass is 293 g/mol. The van der Waals surface area contributed by atoms with E-state index in [-0.39, 0.29) is 0 Å².